The third kappa shape index (κ3) is 11.0. The molecule has 3 rings (SSSR count). The van der Waals surface area contributed by atoms with Gasteiger partial charge in [-0.15, -0.1) is 0 Å². The van der Waals surface area contributed by atoms with Crippen LogP contribution in [-0.4, -0.2) is 24.6 Å². The Morgan fingerprint density at radius 2 is 1.26 bits per heavy atom. The van der Waals surface area contributed by atoms with Gasteiger partial charge in [-0.2, -0.15) is 0 Å². The largest absolute Gasteiger partial charge is 0.494 e. The van der Waals surface area contributed by atoms with Crippen LogP contribution in [0.2, 0.25) is 0 Å². The van der Waals surface area contributed by atoms with E-state index in [2.05, 4.69) is 13.8 Å². The lowest BCUT2D eigenvalue weighted by atomic mass is 10.0. The van der Waals surface area contributed by atoms with E-state index in [-0.39, 0.29) is 23.0 Å². The predicted molar refractivity (Wildman–Crippen MR) is 166 cm³/mol. The second kappa shape index (κ2) is 18.0. The number of benzene rings is 3. The number of carbonyl (C=O) groups is 2. The highest BCUT2D eigenvalue weighted by atomic mass is 19.1. The normalized spacial score (nSPS) is 11.6. The van der Waals surface area contributed by atoms with Crippen molar-refractivity contribution in [2.75, 3.05) is 6.61 Å². The lowest BCUT2D eigenvalue weighted by Crippen LogP contribution is -2.15. The van der Waals surface area contributed by atoms with Gasteiger partial charge in [-0.05, 0) is 79.8 Å². The maximum atomic E-state index is 14.7. The topological polar surface area (TPSA) is 61.8 Å². The molecule has 0 fully saturated rings. The third-order valence-electron chi connectivity index (χ3n) is 7.22. The van der Waals surface area contributed by atoms with Crippen LogP contribution in [-0.2, 0) is 4.74 Å². The second-order valence-electron chi connectivity index (χ2n) is 10.8. The number of unbranched alkanes of at least 4 members (excludes halogenated alkanes) is 8. The van der Waals surface area contributed by atoms with E-state index in [1.54, 1.807) is 12.1 Å². The van der Waals surface area contributed by atoms with Gasteiger partial charge in [-0.25, -0.2) is 14.0 Å². The molecule has 0 heterocycles. The maximum Gasteiger partial charge on any atom is 0.343 e. The average molecular weight is 577 g/mol. The van der Waals surface area contributed by atoms with Gasteiger partial charge in [0.2, 0.25) is 0 Å². The van der Waals surface area contributed by atoms with E-state index < -0.39 is 17.8 Å². The van der Waals surface area contributed by atoms with Crippen molar-refractivity contribution in [1.29, 1.82) is 0 Å². The molecule has 1 atom stereocenters. The molecule has 1 unspecified atom stereocenters. The highest BCUT2D eigenvalue weighted by Gasteiger charge is 2.17. The minimum Gasteiger partial charge on any atom is -0.494 e. The lowest BCUT2D eigenvalue weighted by molar-refractivity contribution is 0.0319. The lowest BCUT2D eigenvalue weighted by Gasteiger charge is -2.13. The molecule has 226 valence electrons. The zero-order valence-electron chi connectivity index (χ0n) is 25.3. The Balaban J connectivity index is 1.48. The summed E-state index contributed by atoms with van der Waals surface area (Å²) >= 11 is 0. The second-order valence-corrected chi connectivity index (χ2v) is 10.8. The standard InChI is InChI=1S/C36H45FO5/c1-4-6-8-10-11-13-25-40-32-22-19-29(20-23-32)28-15-17-30(18-16-28)35(38)42-34-24-21-31(26-33(34)37)36(39)41-27(3)14-12-9-7-5-2/h15-24,26-27H,4-14,25H2,1-3H3. The Labute approximate surface area is 250 Å². The summed E-state index contributed by atoms with van der Waals surface area (Å²) in [6.07, 6.45) is 12.2. The molecule has 5 nitrogen and oxygen atoms in total. The van der Waals surface area contributed by atoms with E-state index in [0.29, 0.717) is 6.61 Å². The molecule has 6 heteroatoms. The fraction of sp³-hybridized carbons (Fsp3) is 0.444. The van der Waals surface area contributed by atoms with Crippen molar-refractivity contribution in [1.82, 2.24) is 0 Å². The van der Waals surface area contributed by atoms with Crippen LogP contribution < -0.4 is 9.47 Å². The van der Waals surface area contributed by atoms with Crippen molar-refractivity contribution >= 4 is 11.9 Å². The van der Waals surface area contributed by atoms with Crippen molar-refractivity contribution in [3.63, 3.8) is 0 Å². The molecule has 0 aliphatic rings. The predicted octanol–water partition coefficient (Wildman–Crippen LogP) is 9.97. The SMILES string of the molecule is CCCCCCCCOc1ccc(-c2ccc(C(=O)Oc3ccc(C(=O)OC(C)CCCCCC)cc3F)cc2)cc1. The van der Waals surface area contributed by atoms with Crippen molar-refractivity contribution in [2.24, 2.45) is 0 Å². The van der Waals surface area contributed by atoms with Gasteiger partial charge < -0.3 is 14.2 Å². The molecule has 0 spiro atoms. The van der Waals surface area contributed by atoms with Crippen LogP contribution in [0, 0.1) is 5.82 Å². The molecule has 0 saturated heterocycles. The fourth-order valence-corrected chi connectivity index (χ4v) is 4.65. The van der Waals surface area contributed by atoms with Crippen LogP contribution in [0.25, 0.3) is 11.1 Å². The van der Waals surface area contributed by atoms with E-state index in [0.717, 1.165) is 61.5 Å². The Morgan fingerprint density at radius 3 is 1.90 bits per heavy atom. The minimum atomic E-state index is -0.802. The van der Waals surface area contributed by atoms with Gasteiger partial charge >= 0.3 is 11.9 Å². The zero-order valence-corrected chi connectivity index (χ0v) is 25.3. The van der Waals surface area contributed by atoms with Gasteiger partial charge in [0.1, 0.15) is 5.75 Å². The number of carbonyl (C=O) groups excluding carboxylic acids is 2. The van der Waals surface area contributed by atoms with Crippen molar-refractivity contribution in [3.05, 3.63) is 83.7 Å². The average Bonchev–Trinajstić information content (AvgIpc) is 3.00. The summed E-state index contributed by atoms with van der Waals surface area (Å²) in [7, 11) is 0. The molecule has 0 aliphatic heterocycles. The van der Waals surface area contributed by atoms with E-state index in [4.69, 9.17) is 14.2 Å². The zero-order chi connectivity index (χ0) is 30.2. The van der Waals surface area contributed by atoms with Gasteiger partial charge in [-0.3, -0.25) is 0 Å². The molecule has 0 bridgehead atoms. The van der Waals surface area contributed by atoms with Crippen LogP contribution in [0.4, 0.5) is 4.39 Å². The highest BCUT2D eigenvalue weighted by Crippen LogP contribution is 2.25. The number of ether oxygens (including phenoxy) is 3. The molecule has 3 aromatic carbocycles. The minimum absolute atomic E-state index is 0.0795. The Kier molecular flexibility index (Phi) is 14.1. The highest BCUT2D eigenvalue weighted by molar-refractivity contribution is 5.92. The number of halogens is 1. The molecule has 0 N–H and O–H groups in total. The van der Waals surface area contributed by atoms with Gasteiger partial charge in [0.15, 0.2) is 11.6 Å². The van der Waals surface area contributed by atoms with Crippen LogP contribution in [0.1, 0.15) is 112 Å². The first-order chi connectivity index (χ1) is 20.4. The van der Waals surface area contributed by atoms with E-state index in [9.17, 15) is 14.0 Å². The van der Waals surface area contributed by atoms with Gasteiger partial charge in [-0.1, -0.05) is 89.5 Å². The molecular weight excluding hydrogens is 531 g/mol. The Bertz CT molecular complexity index is 1240. The molecule has 0 radical (unpaired) electrons. The summed E-state index contributed by atoms with van der Waals surface area (Å²) in [5.74, 6) is -1.49. The van der Waals surface area contributed by atoms with Gasteiger partial charge in [0.05, 0.1) is 23.8 Å². The van der Waals surface area contributed by atoms with E-state index >= 15 is 0 Å². The quantitative estimate of drug-likeness (QED) is 0.0857. The number of hydrogen-bond acceptors (Lipinski definition) is 5. The Morgan fingerprint density at radius 1 is 0.690 bits per heavy atom. The van der Waals surface area contributed by atoms with Gasteiger partial charge in [0.25, 0.3) is 0 Å². The summed E-state index contributed by atoms with van der Waals surface area (Å²) in [6.45, 7) is 6.92. The van der Waals surface area contributed by atoms with Crippen molar-refractivity contribution in [2.45, 2.75) is 97.5 Å². The first kappa shape index (κ1) is 32.8. The monoisotopic (exact) mass is 576 g/mol. The van der Waals surface area contributed by atoms with Crippen LogP contribution in [0.3, 0.4) is 0 Å². The molecular formula is C36H45FO5. The number of rotatable bonds is 18. The first-order valence-electron chi connectivity index (χ1n) is 15.5. The molecule has 3 aromatic rings. The molecule has 0 aromatic heterocycles. The van der Waals surface area contributed by atoms with Gasteiger partial charge in [0, 0.05) is 0 Å². The third-order valence-corrected chi connectivity index (χ3v) is 7.22. The number of hydrogen-bond donors (Lipinski definition) is 0. The summed E-state index contributed by atoms with van der Waals surface area (Å²) in [5.41, 5.74) is 2.29. The smallest absolute Gasteiger partial charge is 0.343 e. The molecule has 0 amide bonds. The van der Waals surface area contributed by atoms with E-state index in [1.165, 1.54) is 44.2 Å². The van der Waals surface area contributed by atoms with Crippen LogP contribution in [0.15, 0.2) is 66.7 Å². The summed E-state index contributed by atoms with van der Waals surface area (Å²) in [5, 5.41) is 0. The van der Waals surface area contributed by atoms with E-state index in [1.807, 2.05) is 43.3 Å². The maximum absolute atomic E-state index is 14.7. The van der Waals surface area contributed by atoms with Crippen LogP contribution >= 0.6 is 0 Å². The number of esters is 2. The van der Waals surface area contributed by atoms with Crippen molar-refractivity contribution < 1.29 is 28.2 Å². The van der Waals surface area contributed by atoms with Crippen molar-refractivity contribution in [3.8, 4) is 22.6 Å². The molecule has 42 heavy (non-hydrogen) atoms. The Hall–Kier alpha value is -3.67. The fourth-order valence-electron chi connectivity index (χ4n) is 4.65. The molecule has 0 saturated carbocycles. The van der Waals surface area contributed by atoms with Crippen LogP contribution in [0.5, 0.6) is 11.5 Å². The summed E-state index contributed by atoms with van der Waals surface area (Å²) < 4.78 is 31.3. The first-order valence-corrected chi connectivity index (χ1v) is 15.5. The summed E-state index contributed by atoms with van der Waals surface area (Å²) in [4.78, 5) is 25.1. The summed E-state index contributed by atoms with van der Waals surface area (Å²) in [6, 6.07) is 18.5. The molecule has 0 aliphatic carbocycles.